The van der Waals surface area contributed by atoms with Crippen LogP contribution in [-0.2, 0) is 16.4 Å². The predicted octanol–water partition coefficient (Wildman–Crippen LogP) is 0.447. The molecule has 0 heterocycles. The summed E-state index contributed by atoms with van der Waals surface area (Å²) in [6.45, 7) is 1.12. The third-order valence-electron chi connectivity index (χ3n) is 2.53. The molecule has 1 aromatic rings. The molecule has 0 saturated heterocycles. The maximum absolute atomic E-state index is 11.1. The molecule has 3 N–H and O–H groups in total. The minimum atomic E-state index is -2.93. The fourth-order valence-corrected chi connectivity index (χ4v) is 2.19. The Kier molecular flexibility index (Phi) is 4.86. The number of nitrogens with two attached hydrogens (primary N) is 1. The van der Waals surface area contributed by atoms with Gasteiger partial charge in [0.15, 0.2) is 0 Å². The van der Waals surface area contributed by atoms with E-state index in [1.165, 1.54) is 6.26 Å². The van der Waals surface area contributed by atoms with Crippen molar-refractivity contribution in [3.8, 4) is 0 Å². The average molecular weight is 269 g/mol. The highest BCUT2D eigenvalue weighted by atomic mass is 32.2. The highest BCUT2D eigenvalue weighted by molar-refractivity contribution is 7.90. The molecule has 0 spiro atoms. The van der Waals surface area contributed by atoms with Gasteiger partial charge in [0.25, 0.3) is 0 Å². The summed E-state index contributed by atoms with van der Waals surface area (Å²) in [5, 5.41) is 7.36. The van der Waals surface area contributed by atoms with Gasteiger partial charge in [0.05, 0.1) is 5.75 Å². The smallest absolute Gasteiger partial charge is 0.148 e. The molecule has 0 atom stereocenters. The molecule has 0 aliphatic heterocycles. The molecule has 1 rings (SSSR count). The Morgan fingerprint density at radius 3 is 2.67 bits per heavy atom. The quantitative estimate of drug-likeness (QED) is 0.580. The van der Waals surface area contributed by atoms with Crippen molar-refractivity contribution in [2.75, 3.05) is 25.6 Å². The van der Waals surface area contributed by atoms with E-state index in [1.807, 2.05) is 30.1 Å². The fraction of sp³-hybridized carbons (Fsp3) is 0.417. The number of rotatable bonds is 6. The van der Waals surface area contributed by atoms with Gasteiger partial charge >= 0.3 is 0 Å². The van der Waals surface area contributed by atoms with Crippen LogP contribution < -0.4 is 5.73 Å². The molecule has 0 aliphatic carbocycles. The number of benzene rings is 1. The highest BCUT2D eigenvalue weighted by Gasteiger charge is 2.06. The molecule has 0 fully saturated rings. The predicted molar refractivity (Wildman–Crippen MR) is 73.5 cm³/mol. The van der Waals surface area contributed by atoms with Crippen molar-refractivity contribution in [1.29, 1.82) is 5.41 Å². The molecule has 100 valence electrons. The second-order valence-electron chi connectivity index (χ2n) is 4.48. The lowest BCUT2D eigenvalue weighted by Gasteiger charge is -2.16. The maximum Gasteiger partial charge on any atom is 0.148 e. The van der Waals surface area contributed by atoms with Crippen LogP contribution in [-0.4, -0.2) is 44.8 Å². The zero-order chi connectivity index (χ0) is 13.8. The number of nitrogens with one attached hydrogen (secondary N) is 1. The fourth-order valence-electron chi connectivity index (χ4n) is 1.55. The van der Waals surface area contributed by atoms with Crippen LogP contribution in [0.15, 0.2) is 24.3 Å². The summed E-state index contributed by atoms with van der Waals surface area (Å²) in [7, 11) is -1.06. The molecule has 0 radical (unpaired) electrons. The zero-order valence-corrected chi connectivity index (χ0v) is 11.5. The van der Waals surface area contributed by atoms with Gasteiger partial charge in [-0.05, 0) is 18.7 Å². The van der Waals surface area contributed by atoms with E-state index in [9.17, 15) is 8.42 Å². The minimum Gasteiger partial charge on any atom is -0.384 e. The first kappa shape index (κ1) is 14.7. The first-order chi connectivity index (χ1) is 8.28. The maximum atomic E-state index is 11.1. The van der Waals surface area contributed by atoms with Gasteiger partial charge in [-0.25, -0.2) is 8.42 Å². The Bertz CT molecular complexity index is 526. The summed E-state index contributed by atoms with van der Waals surface area (Å²) in [6, 6.07) is 7.40. The number of hydrogen-bond donors (Lipinski definition) is 2. The van der Waals surface area contributed by atoms with Crippen LogP contribution in [0.1, 0.15) is 11.1 Å². The molecule has 6 heteroatoms. The Balaban J connectivity index is 2.62. The average Bonchev–Trinajstić information content (AvgIpc) is 2.26. The number of nitrogens with zero attached hydrogens (tertiary/aromatic N) is 1. The molecular formula is C12H19N3O2S. The van der Waals surface area contributed by atoms with E-state index in [4.69, 9.17) is 11.1 Å². The van der Waals surface area contributed by atoms with Gasteiger partial charge in [-0.2, -0.15) is 0 Å². The van der Waals surface area contributed by atoms with Crippen molar-refractivity contribution < 1.29 is 8.42 Å². The summed E-state index contributed by atoms with van der Waals surface area (Å²) in [6.07, 6.45) is 1.23. The van der Waals surface area contributed by atoms with Gasteiger partial charge in [-0.15, -0.1) is 0 Å². The van der Waals surface area contributed by atoms with Crippen molar-refractivity contribution in [3.05, 3.63) is 35.4 Å². The third-order valence-corrected chi connectivity index (χ3v) is 3.46. The van der Waals surface area contributed by atoms with Crippen LogP contribution in [0.5, 0.6) is 0 Å². The van der Waals surface area contributed by atoms with Crippen molar-refractivity contribution in [2.45, 2.75) is 6.54 Å². The summed E-state index contributed by atoms with van der Waals surface area (Å²) >= 11 is 0. The lowest BCUT2D eigenvalue weighted by atomic mass is 10.1. The van der Waals surface area contributed by atoms with Gasteiger partial charge in [0.1, 0.15) is 15.7 Å². The lowest BCUT2D eigenvalue weighted by Crippen LogP contribution is -2.25. The molecule has 0 amide bonds. The molecule has 0 saturated carbocycles. The first-order valence-electron chi connectivity index (χ1n) is 5.57. The first-order valence-corrected chi connectivity index (χ1v) is 7.63. The standard InChI is InChI=1S/C12H19N3O2S/c1-15(6-7-18(2,16)17)9-10-4-3-5-11(8-10)12(13)14/h3-5,8H,6-7,9H2,1-2H3,(H3,13,14). The molecule has 0 aliphatic rings. The SMILES string of the molecule is CN(CCS(C)(=O)=O)Cc1cccc(C(=N)N)c1. The second kappa shape index (κ2) is 5.97. The van der Waals surface area contributed by atoms with E-state index in [-0.39, 0.29) is 11.6 Å². The number of hydrogen-bond acceptors (Lipinski definition) is 4. The molecule has 1 aromatic carbocycles. The second-order valence-corrected chi connectivity index (χ2v) is 6.74. The van der Waals surface area contributed by atoms with Crippen LogP contribution in [0, 0.1) is 5.41 Å². The van der Waals surface area contributed by atoms with E-state index >= 15 is 0 Å². The van der Waals surface area contributed by atoms with Gasteiger partial charge < -0.3 is 10.6 Å². The van der Waals surface area contributed by atoms with Gasteiger partial charge in [-0.3, -0.25) is 5.41 Å². The Morgan fingerprint density at radius 2 is 2.11 bits per heavy atom. The molecule has 0 unspecified atom stereocenters. The third kappa shape index (κ3) is 5.29. The van der Waals surface area contributed by atoms with Crippen molar-refractivity contribution in [3.63, 3.8) is 0 Å². The van der Waals surface area contributed by atoms with Crippen LogP contribution in [0.4, 0.5) is 0 Å². The molecule has 18 heavy (non-hydrogen) atoms. The normalized spacial score (nSPS) is 11.7. The van der Waals surface area contributed by atoms with Crippen LogP contribution in [0.3, 0.4) is 0 Å². The van der Waals surface area contributed by atoms with Crippen molar-refractivity contribution in [1.82, 2.24) is 4.90 Å². The van der Waals surface area contributed by atoms with E-state index in [2.05, 4.69) is 0 Å². The number of sulfone groups is 1. The van der Waals surface area contributed by atoms with Crippen LogP contribution >= 0.6 is 0 Å². The van der Waals surface area contributed by atoms with E-state index < -0.39 is 9.84 Å². The van der Waals surface area contributed by atoms with Crippen molar-refractivity contribution >= 4 is 15.7 Å². The molecule has 0 bridgehead atoms. The van der Waals surface area contributed by atoms with Gasteiger partial charge in [0.2, 0.25) is 0 Å². The Hall–Kier alpha value is -1.40. The number of amidine groups is 1. The van der Waals surface area contributed by atoms with Gasteiger partial charge in [0, 0.05) is 24.9 Å². The monoisotopic (exact) mass is 269 g/mol. The Morgan fingerprint density at radius 1 is 1.44 bits per heavy atom. The molecular weight excluding hydrogens is 250 g/mol. The summed E-state index contributed by atoms with van der Waals surface area (Å²) in [5.74, 6) is 0.186. The zero-order valence-electron chi connectivity index (χ0n) is 10.7. The highest BCUT2D eigenvalue weighted by Crippen LogP contribution is 2.07. The van der Waals surface area contributed by atoms with Crippen LogP contribution in [0.2, 0.25) is 0 Å². The van der Waals surface area contributed by atoms with E-state index in [0.717, 1.165) is 5.56 Å². The van der Waals surface area contributed by atoms with E-state index in [0.29, 0.717) is 18.7 Å². The number of nitrogen functional groups attached to an aromatic ring is 1. The Labute approximate surface area is 108 Å². The van der Waals surface area contributed by atoms with Gasteiger partial charge in [-0.1, -0.05) is 18.2 Å². The topological polar surface area (TPSA) is 87.2 Å². The summed E-state index contributed by atoms with van der Waals surface area (Å²) in [5.41, 5.74) is 7.12. The molecule has 0 aromatic heterocycles. The largest absolute Gasteiger partial charge is 0.384 e. The van der Waals surface area contributed by atoms with E-state index in [1.54, 1.807) is 6.07 Å². The lowest BCUT2D eigenvalue weighted by molar-refractivity contribution is 0.346. The molecule has 5 nitrogen and oxygen atoms in total. The summed E-state index contributed by atoms with van der Waals surface area (Å²) < 4.78 is 22.1. The van der Waals surface area contributed by atoms with Crippen LogP contribution in [0.25, 0.3) is 0 Å². The van der Waals surface area contributed by atoms with Crippen molar-refractivity contribution in [2.24, 2.45) is 5.73 Å². The summed E-state index contributed by atoms with van der Waals surface area (Å²) in [4.78, 5) is 1.93. The minimum absolute atomic E-state index is 0.0376.